The number of pyridine rings is 1. The standard InChI is InChI=1S/C13H20N4O/c1-11-6-8-17-12(10-11)15-13(16-17)14-7-4-3-5-9-18-2/h6,8,10H,3-5,7,9H2,1-2H3,(H,14,16). The predicted octanol–water partition coefficient (Wildman–Crippen LogP) is 2.27. The maximum atomic E-state index is 5.01. The van der Waals surface area contributed by atoms with E-state index in [0.29, 0.717) is 5.95 Å². The Hall–Kier alpha value is -1.62. The van der Waals surface area contributed by atoms with Crippen LogP contribution in [0.5, 0.6) is 0 Å². The minimum atomic E-state index is 0.701. The molecule has 0 aliphatic rings. The van der Waals surface area contributed by atoms with Crippen LogP contribution in [0.25, 0.3) is 5.65 Å². The van der Waals surface area contributed by atoms with Crippen LogP contribution in [0.1, 0.15) is 24.8 Å². The molecule has 0 bridgehead atoms. The summed E-state index contributed by atoms with van der Waals surface area (Å²) in [6.45, 7) is 3.79. The highest BCUT2D eigenvalue weighted by molar-refractivity contribution is 5.45. The number of methoxy groups -OCH3 is 1. The highest BCUT2D eigenvalue weighted by Gasteiger charge is 2.02. The van der Waals surface area contributed by atoms with Crippen molar-refractivity contribution in [1.29, 1.82) is 0 Å². The number of hydrogen-bond acceptors (Lipinski definition) is 4. The first-order valence-electron chi connectivity index (χ1n) is 6.35. The predicted molar refractivity (Wildman–Crippen MR) is 71.9 cm³/mol. The average molecular weight is 248 g/mol. The van der Waals surface area contributed by atoms with Gasteiger partial charge in [-0.15, -0.1) is 5.10 Å². The van der Waals surface area contributed by atoms with Crippen LogP contribution in [-0.4, -0.2) is 34.9 Å². The van der Waals surface area contributed by atoms with Crippen LogP contribution >= 0.6 is 0 Å². The van der Waals surface area contributed by atoms with E-state index in [4.69, 9.17) is 4.74 Å². The summed E-state index contributed by atoms with van der Waals surface area (Å²) in [6, 6.07) is 4.05. The van der Waals surface area contributed by atoms with Gasteiger partial charge < -0.3 is 10.1 Å². The summed E-state index contributed by atoms with van der Waals surface area (Å²) in [6.07, 6.45) is 5.31. The Morgan fingerprint density at radius 2 is 2.22 bits per heavy atom. The molecular weight excluding hydrogens is 228 g/mol. The lowest BCUT2D eigenvalue weighted by Crippen LogP contribution is -2.03. The van der Waals surface area contributed by atoms with E-state index in [1.54, 1.807) is 11.6 Å². The highest BCUT2D eigenvalue weighted by Crippen LogP contribution is 2.07. The third kappa shape index (κ3) is 3.43. The number of hydrogen-bond donors (Lipinski definition) is 1. The van der Waals surface area contributed by atoms with Gasteiger partial charge in [0.15, 0.2) is 5.65 Å². The molecule has 0 atom stereocenters. The molecule has 0 fully saturated rings. The van der Waals surface area contributed by atoms with Crippen LogP contribution in [0.15, 0.2) is 18.3 Å². The van der Waals surface area contributed by atoms with Crippen molar-refractivity contribution >= 4 is 11.6 Å². The van der Waals surface area contributed by atoms with E-state index in [1.807, 2.05) is 18.3 Å². The zero-order valence-electron chi connectivity index (χ0n) is 11.0. The van der Waals surface area contributed by atoms with Crippen LogP contribution in [0.3, 0.4) is 0 Å². The lowest BCUT2D eigenvalue weighted by atomic mass is 10.2. The minimum Gasteiger partial charge on any atom is -0.385 e. The summed E-state index contributed by atoms with van der Waals surface area (Å²) in [5, 5.41) is 7.60. The molecule has 0 saturated carbocycles. The zero-order valence-corrected chi connectivity index (χ0v) is 11.0. The molecule has 98 valence electrons. The normalized spacial score (nSPS) is 11.0. The molecule has 18 heavy (non-hydrogen) atoms. The van der Waals surface area contributed by atoms with Crippen molar-refractivity contribution in [3.63, 3.8) is 0 Å². The minimum absolute atomic E-state index is 0.701. The number of nitrogens with one attached hydrogen (secondary N) is 1. The molecule has 5 heteroatoms. The molecule has 0 unspecified atom stereocenters. The molecule has 2 aromatic rings. The van der Waals surface area contributed by atoms with E-state index in [0.717, 1.165) is 38.1 Å². The summed E-state index contributed by atoms with van der Waals surface area (Å²) < 4.78 is 6.80. The first kappa shape index (κ1) is 12.8. The maximum absolute atomic E-state index is 5.01. The second kappa shape index (κ2) is 6.35. The second-order valence-corrected chi connectivity index (χ2v) is 4.42. The number of unbranched alkanes of at least 4 members (excludes halogenated alkanes) is 2. The third-order valence-corrected chi connectivity index (χ3v) is 2.80. The van der Waals surface area contributed by atoms with Crippen LogP contribution in [0.4, 0.5) is 5.95 Å². The van der Waals surface area contributed by atoms with Crippen molar-refractivity contribution in [3.05, 3.63) is 23.9 Å². The molecule has 2 rings (SSSR count). The number of aryl methyl sites for hydroxylation is 1. The molecule has 0 aromatic carbocycles. The van der Waals surface area contributed by atoms with Gasteiger partial charge in [-0.1, -0.05) is 0 Å². The number of nitrogens with zero attached hydrogens (tertiary/aromatic N) is 3. The topological polar surface area (TPSA) is 51.5 Å². The summed E-state index contributed by atoms with van der Waals surface area (Å²) in [5.41, 5.74) is 2.08. The Labute approximate surface area is 107 Å². The first-order chi connectivity index (χ1) is 8.79. The fourth-order valence-electron chi connectivity index (χ4n) is 1.81. The van der Waals surface area contributed by atoms with Gasteiger partial charge >= 0.3 is 0 Å². The van der Waals surface area contributed by atoms with E-state index in [-0.39, 0.29) is 0 Å². The van der Waals surface area contributed by atoms with Gasteiger partial charge in [0.05, 0.1) is 0 Å². The third-order valence-electron chi connectivity index (χ3n) is 2.80. The number of anilines is 1. The Morgan fingerprint density at radius 3 is 3.06 bits per heavy atom. The smallest absolute Gasteiger partial charge is 0.243 e. The van der Waals surface area contributed by atoms with Crippen LogP contribution < -0.4 is 5.32 Å². The van der Waals surface area contributed by atoms with E-state index < -0.39 is 0 Å². The largest absolute Gasteiger partial charge is 0.385 e. The fraction of sp³-hybridized carbons (Fsp3) is 0.538. The summed E-state index contributed by atoms with van der Waals surface area (Å²) in [7, 11) is 1.74. The van der Waals surface area contributed by atoms with Crippen LogP contribution in [0, 0.1) is 6.92 Å². The number of fused-ring (bicyclic) bond motifs is 1. The van der Waals surface area contributed by atoms with Crippen molar-refractivity contribution < 1.29 is 4.74 Å². The van der Waals surface area contributed by atoms with Crippen LogP contribution in [-0.2, 0) is 4.74 Å². The van der Waals surface area contributed by atoms with Gasteiger partial charge in [-0.05, 0) is 43.9 Å². The molecular formula is C13H20N4O. The Balaban J connectivity index is 1.81. The molecule has 0 aliphatic heterocycles. The van der Waals surface area contributed by atoms with Crippen LogP contribution in [0.2, 0.25) is 0 Å². The summed E-state index contributed by atoms with van der Waals surface area (Å²) in [5.74, 6) is 0.701. The molecule has 2 aromatic heterocycles. The van der Waals surface area contributed by atoms with E-state index in [1.165, 1.54) is 5.56 Å². The average Bonchev–Trinajstić information content (AvgIpc) is 2.75. The Kier molecular flexibility index (Phi) is 4.52. The molecule has 0 radical (unpaired) electrons. The van der Waals surface area contributed by atoms with Crippen molar-refractivity contribution in [2.24, 2.45) is 0 Å². The Bertz CT molecular complexity index is 495. The van der Waals surface area contributed by atoms with Gasteiger partial charge in [-0.2, -0.15) is 4.98 Å². The molecule has 0 amide bonds. The number of rotatable bonds is 7. The van der Waals surface area contributed by atoms with Crippen molar-refractivity contribution in [2.75, 3.05) is 25.6 Å². The van der Waals surface area contributed by atoms with Crippen molar-refractivity contribution in [2.45, 2.75) is 26.2 Å². The van der Waals surface area contributed by atoms with Gasteiger partial charge in [-0.25, -0.2) is 4.52 Å². The van der Waals surface area contributed by atoms with E-state index in [9.17, 15) is 0 Å². The quantitative estimate of drug-likeness (QED) is 0.764. The van der Waals surface area contributed by atoms with Gasteiger partial charge in [0, 0.05) is 26.5 Å². The Morgan fingerprint density at radius 1 is 1.33 bits per heavy atom. The van der Waals surface area contributed by atoms with Crippen molar-refractivity contribution in [1.82, 2.24) is 14.6 Å². The zero-order chi connectivity index (χ0) is 12.8. The molecule has 5 nitrogen and oxygen atoms in total. The van der Waals surface area contributed by atoms with Gasteiger partial charge in [0.2, 0.25) is 5.95 Å². The monoisotopic (exact) mass is 248 g/mol. The molecule has 2 heterocycles. The van der Waals surface area contributed by atoms with Gasteiger partial charge in [0.1, 0.15) is 0 Å². The summed E-state index contributed by atoms with van der Waals surface area (Å²) in [4.78, 5) is 4.42. The molecule has 0 aliphatic carbocycles. The molecule has 0 spiro atoms. The molecule has 0 saturated heterocycles. The number of aromatic nitrogens is 3. The van der Waals surface area contributed by atoms with Gasteiger partial charge in [0.25, 0.3) is 0 Å². The first-order valence-corrected chi connectivity index (χ1v) is 6.35. The number of ether oxygens (including phenoxy) is 1. The van der Waals surface area contributed by atoms with Gasteiger partial charge in [-0.3, -0.25) is 0 Å². The fourth-order valence-corrected chi connectivity index (χ4v) is 1.81. The highest BCUT2D eigenvalue weighted by atomic mass is 16.5. The SMILES string of the molecule is COCCCCCNc1nc2cc(C)ccn2n1. The van der Waals surface area contributed by atoms with Crippen molar-refractivity contribution in [3.8, 4) is 0 Å². The van der Waals surface area contributed by atoms with E-state index >= 15 is 0 Å². The summed E-state index contributed by atoms with van der Waals surface area (Å²) >= 11 is 0. The molecule has 1 N–H and O–H groups in total. The maximum Gasteiger partial charge on any atom is 0.243 e. The van der Waals surface area contributed by atoms with E-state index in [2.05, 4.69) is 22.3 Å². The lowest BCUT2D eigenvalue weighted by Gasteiger charge is -2.01. The lowest BCUT2D eigenvalue weighted by molar-refractivity contribution is 0.192. The second-order valence-electron chi connectivity index (χ2n) is 4.42.